The highest BCUT2D eigenvalue weighted by atomic mass is 35.5. The third kappa shape index (κ3) is 4.25. The van der Waals surface area contributed by atoms with Crippen LogP contribution >= 0.6 is 11.6 Å². The van der Waals surface area contributed by atoms with Gasteiger partial charge in [0.2, 0.25) is 5.28 Å². The summed E-state index contributed by atoms with van der Waals surface area (Å²) in [6.07, 6.45) is 1.86. The number of aromatic nitrogens is 2. The van der Waals surface area contributed by atoms with Gasteiger partial charge in [-0.15, -0.1) is 0 Å². The molecule has 3 rings (SSSR count). The van der Waals surface area contributed by atoms with Gasteiger partial charge >= 0.3 is 5.97 Å². The fourth-order valence-electron chi connectivity index (χ4n) is 2.36. The number of carbonyl (C=O) groups excluding carboxylic acids is 1. The minimum Gasteiger partial charge on any atom is -0.462 e. The predicted octanol–water partition coefficient (Wildman–Crippen LogP) is 4.98. The van der Waals surface area contributed by atoms with Crippen LogP contribution in [0.15, 0.2) is 48.5 Å². The van der Waals surface area contributed by atoms with Gasteiger partial charge in [-0.1, -0.05) is 25.5 Å². The first-order valence-electron chi connectivity index (χ1n) is 8.14. The second kappa shape index (κ2) is 7.94. The summed E-state index contributed by atoms with van der Waals surface area (Å²) in [7, 11) is 0. The lowest BCUT2D eigenvalue weighted by Crippen LogP contribution is -2.06. The van der Waals surface area contributed by atoms with Crippen LogP contribution in [0.25, 0.3) is 10.9 Å². The van der Waals surface area contributed by atoms with Crippen molar-refractivity contribution in [3.05, 3.63) is 59.4 Å². The molecule has 0 unspecified atom stereocenters. The van der Waals surface area contributed by atoms with E-state index in [9.17, 15) is 4.79 Å². The maximum absolute atomic E-state index is 11.9. The van der Waals surface area contributed by atoms with Crippen molar-refractivity contribution in [3.63, 3.8) is 0 Å². The van der Waals surface area contributed by atoms with E-state index in [0.29, 0.717) is 18.0 Å². The smallest absolute Gasteiger partial charge is 0.338 e. The molecule has 128 valence electrons. The molecule has 3 aromatic rings. The van der Waals surface area contributed by atoms with Crippen LogP contribution in [-0.2, 0) is 4.74 Å². The van der Waals surface area contributed by atoms with Gasteiger partial charge in [-0.3, -0.25) is 0 Å². The van der Waals surface area contributed by atoms with Crippen LogP contribution < -0.4 is 5.32 Å². The summed E-state index contributed by atoms with van der Waals surface area (Å²) in [4.78, 5) is 20.4. The molecule has 0 aliphatic rings. The van der Waals surface area contributed by atoms with Crippen molar-refractivity contribution in [2.75, 3.05) is 11.9 Å². The molecular formula is C19H18ClN3O2. The Morgan fingerprint density at radius 3 is 2.64 bits per heavy atom. The summed E-state index contributed by atoms with van der Waals surface area (Å²) in [5.74, 6) is 0.310. The highest BCUT2D eigenvalue weighted by Gasteiger charge is 2.09. The Hall–Kier alpha value is -2.66. The van der Waals surface area contributed by atoms with Crippen LogP contribution in [0.2, 0.25) is 5.28 Å². The molecule has 1 aromatic heterocycles. The topological polar surface area (TPSA) is 64.1 Å². The van der Waals surface area contributed by atoms with Gasteiger partial charge in [0.25, 0.3) is 0 Å². The summed E-state index contributed by atoms with van der Waals surface area (Å²) in [5, 5.41) is 4.27. The molecule has 1 heterocycles. The molecule has 6 heteroatoms. The summed E-state index contributed by atoms with van der Waals surface area (Å²) in [6.45, 7) is 2.50. The zero-order valence-corrected chi connectivity index (χ0v) is 14.6. The molecular weight excluding hydrogens is 338 g/mol. The first-order chi connectivity index (χ1) is 12.2. The highest BCUT2D eigenvalue weighted by molar-refractivity contribution is 6.28. The second-order valence-electron chi connectivity index (χ2n) is 5.55. The summed E-state index contributed by atoms with van der Waals surface area (Å²) in [5.41, 5.74) is 2.08. The van der Waals surface area contributed by atoms with E-state index in [-0.39, 0.29) is 11.3 Å². The fourth-order valence-corrected chi connectivity index (χ4v) is 2.54. The van der Waals surface area contributed by atoms with Gasteiger partial charge in [0.15, 0.2) is 0 Å². The number of rotatable bonds is 6. The number of esters is 1. The maximum Gasteiger partial charge on any atom is 0.338 e. The predicted molar refractivity (Wildman–Crippen MR) is 99.5 cm³/mol. The van der Waals surface area contributed by atoms with Gasteiger partial charge in [-0.25, -0.2) is 9.78 Å². The van der Waals surface area contributed by atoms with Gasteiger partial charge in [0, 0.05) is 11.1 Å². The van der Waals surface area contributed by atoms with Crippen LogP contribution in [0.1, 0.15) is 30.1 Å². The van der Waals surface area contributed by atoms with Crippen molar-refractivity contribution >= 4 is 40.0 Å². The molecule has 0 amide bonds. The zero-order valence-electron chi connectivity index (χ0n) is 13.8. The molecule has 25 heavy (non-hydrogen) atoms. The first kappa shape index (κ1) is 17.2. The second-order valence-corrected chi connectivity index (χ2v) is 5.89. The largest absolute Gasteiger partial charge is 0.462 e. The van der Waals surface area contributed by atoms with Crippen LogP contribution in [0, 0.1) is 0 Å². The van der Waals surface area contributed by atoms with E-state index < -0.39 is 0 Å². The average Bonchev–Trinajstić information content (AvgIpc) is 2.62. The van der Waals surface area contributed by atoms with Crippen LogP contribution in [0.4, 0.5) is 11.5 Å². The molecule has 0 fully saturated rings. The monoisotopic (exact) mass is 355 g/mol. The lowest BCUT2D eigenvalue weighted by Gasteiger charge is -2.10. The van der Waals surface area contributed by atoms with Crippen molar-refractivity contribution in [2.24, 2.45) is 0 Å². The number of para-hydroxylation sites is 1. The molecule has 0 bridgehead atoms. The molecule has 0 atom stereocenters. The van der Waals surface area contributed by atoms with Crippen molar-refractivity contribution < 1.29 is 9.53 Å². The number of fused-ring (bicyclic) bond motifs is 1. The number of nitrogens with zero attached hydrogens (tertiary/aromatic N) is 2. The Labute approximate surface area is 151 Å². The van der Waals surface area contributed by atoms with E-state index in [1.807, 2.05) is 24.3 Å². The van der Waals surface area contributed by atoms with E-state index in [1.54, 1.807) is 24.3 Å². The SMILES string of the molecule is CCCCOC(=O)c1ccc(Nc2nc(Cl)nc3ccccc23)cc1. The van der Waals surface area contributed by atoms with Crippen LogP contribution in [0.3, 0.4) is 0 Å². The average molecular weight is 356 g/mol. The molecule has 0 aliphatic carbocycles. The normalized spacial score (nSPS) is 10.6. The minimum absolute atomic E-state index is 0.178. The Bertz CT molecular complexity index is 881. The van der Waals surface area contributed by atoms with Gasteiger partial charge in [-0.05, 0) is 54.4 Å². The Morgan fingerprint density at radius 2 is 1.88 bits per heavy atom. The van der Waals surface area contributed by atoms with Crippen LogP contribution in [0.5, 0.6) is 0 Å². The number of benzene rings is 2. The van der Waals surface area contributed by atoms with Gasteiger partial charge < -0.3 is 10.1 Å². The highest BCUT2D eigenvalue weighted by Crippen LogP contribution is 2.25. The molecule has 0 radical (unpaired) electrons. The van der Waals surface area contributed by atoms with Gasteiger partial charge in [0.1, 0.15) is 5.82 Å². The molecule has 1 N–H and O–H groups in total. The molecule has 0 saturated carbocycles. The fraction of sp³-hybridized carbons (Fsp3) is 0.211. The minimum atomic E-state index is -0.310. The quantitative estimate of drug-likeness (QED) is 0.383. The number of hydrogen-bond donors (Lipinski definition) is 1. The van der Waals surface area contributed by atoms with Gasteiger partial charge in [-0.2, -0.15) is 4.98 Å². The molecule has 5 nitrogen and oxygen atoms in total. The number of nitrogens with one attached hydrogen (secondary N) is 1. The zero-order chi connectivity index (χ0) is 17.6. The van der Waals surface area contributed by atoms with E-state index in [4.69, 9.17) is 16.3 Å². The first-order valence-corrected chi connectivity index (χ1v) is 8.51. The Morgan fingerprint density at radius 1 is 1.12 bits per heavy atom. The van der Waals surface area contributed by atoms with Crippen molar-refractivity contribution in [2.45, 2.75) is 19.8 Å². The van der Waals surface area contributed by atoms with E-state index in [1.165, 1.54) is 0 Å². The number of carbonyl (C=O) groups is 1. The Balaban J connectivity index is 1.77. The number of hydrogen-bond acceptors (Lipinski definition) is 5. The molecule has 0 aliphatic heterocycles. The molecule has 0 spiro atoms. The summed E-state index contributed by atoms with van der Waals surface area (Å²) >= 11 is 5.99. The number of ether oxygens (including phenoxy) is 1. The van der Waals surface area contributed by atoms with Crippen molar-refractivity contribution in [3.8, 4) is 0 Å². The Kier molecular flexibility index (Phi) is 5.46. The molecule has 0 saturated heterocycles. The lowest BCUT2D eigenvalue weighted by molar-refractivity contribution is 0.0500. The van der Waals surface area contributed by atoms with Gasteiger partial charge in [0.05, 0.1) is 17.7 Å². The molecule has 2 aromatic carbocycles. The van der Waals surface area contributed by atoms with E-state index >= 15 is 0 Å². The van der Waals surface area contributed by atoms with E-state index in [0.717, 1.165) is 29.4 Å². The summed E-state index contributed by atoms with van der Waals surface area (Å²) in [6, 6.07) is 14.7. The maximum atomic E-state index is 11.9. The standard InChI is InChI=1S/C19H18ClN3O2/c1-2-3-12-25-18(24)13-8-10-14(11-9-13)21-17-15-6-4-5-7-16(15)22-19(20)23-17/h4-11H,2-3,12H2,1H3,(H,21,22,23). The van der Waals surface area contributed by atoms with Crippen LogP contribution in [-0.4, -0.2) is 22.5 Å². The number of unbranched alkanes of at least 4 members (excludes halogenated alkanes) is 1. The number of anilines is 2. The number of halogens is 1. The lowest BCUT2D eigenvalue weighted by atomic mass is 10.2. The van der Waals surface area contributed by atoms with E-state index in [2.05, 4.69) is 22.2 Å². The third-order valence-electron chi connectivity index (χ3n) is 3.69. The van der Waals surface area contributed by atoms with Crippen molar-refractivity contribution in [1.29, 1.82) is 0 Å². The summed E-state index contributed by atoms with van der Waals surface area (Å²) < 4.78 is 5.20. The third-order valence-corrected chi connectivity index (χ3v) is 3.86. The van der Waals surface area contributed by atoms with Crippen molar-refractivity contribution in [1.82, 2.24) is 9.97 Å².